The molecule has 3 rings (SSSR count). The summed E-state index contributed by atoms with van der Waals surface area (Å²) in [4.78, 5) is 37.7. The van der Waals surface area contributed by atoms with Crippen molar-refractivity contribution >= 4 is 29.6 Å². The first-order valence-corrected chi connectivity index (χ1v) is 13.8. The number of methoxy groups -OCH3 is 1. The molecule has 42 heavy (non-hydrogen) atoms. The molecule has 0 saturated carbocycles. The van der Waals surface area contributed by atoms with Crippen molar-refractivity contribution in [1.29, 1.82) is 0 Å². The van der Waals surface area contributed by atoms with Crippen LogP contribution in [0.25, 0.3) is 6.08 Å². The van der Waals surface area contributed by atoms with E-state index < -0.39 is 17.8 Å². The highest BCUT2D eigenvalue weighted by molar-refractivity contribution is 6.36. The lowest BCUT2D eigenvalue weighted by molar-refractivity contribution is -0.147. The van der Waals surface area contributed by atoms with Crippen LogP contribution in [-0.4, -0.2) is 46.8 Å². The molecule has 1 heterocycles. The number of aliphatic carboxylic acids is 2. The Kier molecular flexibility index (Phi) is 12.9. The highest BCUT2D eigenvalue weighted by Crippen LogP contribution is 2.22. The van der Waals surface area contributed by atoms with E-state index in [9.17, 15) is 14.4 Å². The third-order valence-electron chi connectivity index (χ3n) is 6.28. The van der Waals surface area contributed by atoms with Gasteiger partial charge in [-0.2, -0.15) is 0 Å². The third kappa shape index (κ3) is 11.3. The molecule has 0 bridgehead atoms. The standard InChI is InChI=1S/C32H36N2O8/c1-40-26-15-12-23(13-16-26)9-6-4-2-3-5-7-20-41-29-18-14-25(33-28(29)17-19-30(35)36)22-42-27-11-8-10-24(21-27)34-31(37)32(38)39/h8,10-19,21H,2-7,9,20,22H2,1H3,(H,34,37)(H,35,36)(H,38,39). The van der Waals surface area contributed by atoms with Gasteiger partial charge in [0.1, 0.15) is 29.5 Å². The number of unbranched alkanes of at least 4 members (excludes halogenated alkanes) is 5. The van der Waals surface area contributed by atoms with Gasteiger partial charge in [-0.05, 0) is 67.3 Å². The lowest BCUT2D eigenvalue weighted by Crippen LogP contribution is -2.21. The summed E-state index contributed by atoms with van der Waals surface area (Å²) in [6.07, 6.45) is 9.95. The molecular weight excluding hydrogens is 540 g/mol. The Bertz CT molecular complexity index is 1350. The largest absolute Gasteiger partial charge is 0.497 e. The lowest BCUT2D eigenvalue weighted by Gasteiger charge is -2.12. The molecule has 0 unspecified atom stereocenters. The summed E-state index contributed by atoms with van der Waals surface area (Å²) < 4.78 is 16.8. The second-order valence-corrected chi connectivity index (χ2v) is 9.50. The minimum Gasteiger partial charge on any atom is -0.497 e. The first kappa shape index (κ1) is 31.7. The molecule has 1 amide bonds. The Hall–Kier alpha value is -4.86. The van der Waals surface area contributed by atoms with Crippen LogP contribution in [0.2, 0.25) is 0 Å². The van der Waals surface area contributed by atoms with Crippen molar-refractivity contribution in [1.82, 2.24) is 4.98 Å². The van der Waals surface area contributed by atoms with Crippen LogP contribution >= 0.6 is 0 Å². The number of carboxylic acids is 2. The van der Waals surface area contributed by atoms with Crippen molar-refractivity contribution in [3.8, 4) is 17.2 Å². The zero-order valence-corrected chi connectivity index (χ0v) is 23.6. The number of carboxylic acid groups (broad SMARTS) is 2. The summed E-state index contributed by atoms with van der Waals surface area (Å²) in [6.45, 7) is 0.551. The molecule has 0 saturated heterocycles. The summed E-state index contributed by atoms with van der Waals surface area (Å²) in [6, 6.07) is 18.0. The number of anilines is 1. The molecule has 0 spiro atoms. The molecule has 0 aliphatic carbocycles. The molecule has 0 aliphatic heterocycles. The number of nitrogens with one attached hydrogen (secondary N) is 1. The van der Waals surface area contributed by atoms with Gasteiger partial charge in [-0.3, -0.25) is 4.79 Å². The number of carbonyl (C=O) groups excluding carboxylic acids is 1. The van der Waals surface area contributed by atoms with Gasteiger partial charge in [0, 0.05) is 17.8 Å². The molecule has 0 atom stereocenters. The molecule has 10 nitrogen and oxygen atoms in total. The van der Waals surface area contributed by atoms with Gasteiger partial charge in [0.2, 0.25) is 0 Å². The Balaban J connectivity index is 1.43. The summed E-state index contributed by atoms with van der Waals surface area (Å²) >= 11 is 0. The van der Waals surface area contributed by atoms with Crippen molar-refractivity contribution in [3.63, 3.8) is 0 Å². The van der Waals surface area contributed by atoms with E-state index in [1.807, 2.05) is 12.1 Å². The van der Waals surface area contributed by atoms with Gasteiger partial charge >= 0.3 is 17.8 Å². The van der Waals surface area contributed by atoms with Crippen LogP contribution in [0.4, 0.5) is 5.69 Å². The van der Waals surface area contributed by atoms with Crippen LogP contribution < -0.4 is 19.5 Å². The topological polar surface area (TPSA) is 144 Å². The number of benzene rings is 2. The van der Waals surface area contributed by atoms with E-state index in [1.54, 1.807) is 31.4 Å². The molecule has 0 fully saturated rings. The second kappa shape index (κ2) is 17.1. The van der Waals surface area contributed by atoms with Crippen LogP contribution in [0.15, 0.2) is 66.7 Å². The minimum atomic E-state index is -1.59. The van der Waals surface area contributed by atoms with Crippen molar-refractivity contribution < 1.29 is 38.8 Å². The van der Waals surface area contributed by atoms with Gasteiger partial charge in [-0.15, -0.1) is 0 Å². The van der Waals surface area contributed by atoms with Crippen molar-refractivity contribution in [2.75, 3.05) is 19.0 Å². The lowest BCUT2D eigenvalue weighted by atomic mass is 10.0. The zero-order chi connectivity index (χ0) is 30.2. The molecule has 0 aliphatic rings. The van der Waals surface area contributed by atoms with Gasteiger partial charge < -0.3 is 29.7 Å². The average molecular weight is 577 g/mol. The first-order valence-electron chi connectivity index (χ1n) is 13.8. The number of amides is 1. The van der Waals surface area contributed by atoms with Crippen LogP contribution in [0.3, 0.4) is 0 Å². The molecule has 10 heteroatoms. The predicted octanol–water partition coefficient (Wildman–Crippen LogP) is 5.75. The molecular formula is C32H36N2O8. The normalized spacial score (nSPS) is 10.8. The van der Waals surface area contributed by atoms with Crippen LogP contribution in [0.5, 0.6) is 17.2 Å². The fraction of sp³-hybridized carbons (Fsp3) is 0.312. The van der Waals surface area contributed by atoms with Gasteiger partial charge in [-0.1, -0.05) is 43.9 Å². The maximum absolute atomic E-state index is 11.4. The Morgan fingerprint density at radius 1 is 0.857 bits per heavy atom. The number of ether oxygens (including phenoxy) is 3. The summed E-state index contributed by atoms with van der Waals surface area (Å²) in [5.74, 6) is -2.10. The van der Waals surface area contributed by atoms with Crippen LogP contribution in [0, 0.1) is 0 Å². The minimum absolute atomic E-state index is 0.0585. The van der Waals surface area contributed by atoms with E-state index in [-0.39, 0.29) is 12.3 Å². The van der Waals surface area contributed by atoms with Gasteiger partial charge in [0.15, 0.2) is 0 Å². The average Bonchev–Trinajstić information content (AvgIpc) is 2.99. The fourth-order valence-electron chi connectivity index (χ4n) is 4.09. The van der Waals surface area contributed by atoms with Crippen LogP contribution in [0.1, 0.15) is 55.5 Å². The quantitative estimate of drug-likeness (QED) is 0.104. The summed E-state index contributed by atoms with van der Waals surface area (Å²) in [5, 5.41) is 20.1. The number of nitrogens with zero attached hydrogens (tertiary/aromatic N) is 1. The van der Waals surface area contributed by atoms with E-state index in [0.29, 0.717) is 29.5 Å². The maximum atomic E-state index is 11.4. The van der Waals surface area contributed by atoms with E-state index in [0.717, 1.165) is 50.4 Å². The molecule has 3 aromatic rings. The highest BCUT2D eigenvalue weighted by Gasteiger charge is 2.12. The summed E-state index contributed by atoms with van der Waals surface area (Å²) in [7, 11) is 1.67. The predicted molar refractivity (Wildman–Crippen MR) is 158 cm³/mol. The number of carbonyl (C=O) groups is 3. The molecule has 0 radical (unpaired) electrons. The SMILES string of the molecule is COc1ccc(CCCCCCCCOc2ccc(COc3cccc(NC(=O)C(=O)O)c3)nc2C=CC(=O)O)cc1. The summed E-state index contributed by atoms with van der Waals surface area (Å²) in [5.41, 5.74) is 2.50. The molecule has 3 N–H and O–H groups in total. The fourth-order valence-corrected chi connectivity index (χ4v) is 4.09. The van der Waals surface area contributed by atoms with Crippen molar-refractivity contribution in [2.45, 2.75) is 51.6 Å². The van der Waals surface area contributed by atoms with E-state index >= 15 is 0 Å². The highest BCUT2D eigenvalue weighted by atomic mass is 16.5. The van der Waals surface area contributed by atoms with Gasteiger partial charge in [-0.25, -0.2) is 14.6 Å². The monoisotopic (exact) mass is 576 g/mol. The number of aryl methyl sites for hydroxylation is 1. The van der Waals surface area contributed by atoms with E-state index in [1.165, 1.54) is 30.2 Å². The molecule has 1 aromatic heterocycles. The molecule has 222 valence electrons. The maximum Gasteiger partial charge on any atom is 0.394 e. The first-order chi connectivity index (χ1) is 20.3. The number of hydrogen-bond acceptors (Lipinski definition) is 7. The number of pyridine rings is 1. The Morgan fingerprint density at radius 2 is 1.60 bits per heavy atom. The molecule has 2 aromatic carbocycles. The Morgan fingerprint density at radius 3 is 2.31 bits per heavy atom. The van der Waals surface area contributed by atoms with Crippen LogP contribution in [-0.2, 0) is 27.4 Å². The van der Waals surface area contributed by atoms with Gasteiger partial charge in [0.05, 0.1) is 19.4 Å². The zero-order valence-electron chi connectivity index (χ0n) is 23.6. The van der Waals surface area contributed by atoms with Crippen molar-refractivity contribution in [2.24, 2.45) is 0 Å². The van der Waals surface area contributed by atoms with Gasteiger partial charge in [0.25, 0.3) is 0 Å². The third-order valence-corrected chi connectivity index (χ3v) is 6.28. The Labute approximate surface area is 245 Å². The van der Waals surface area contributed by atoms with Crippen molar-refractivity contribution in [3.05, 3.63) is 83.7 Å². The number of hydrogen-bond donors (Lipinski definition) is 3. The van der Waals surface area contributed by atoms with E-state index in [2.05, 4.69) is 22.4 Å². The van der Waals surface area contributed by atoms with E-state index in [4.69, 9.17) is 24.4 Å². The number of rotatable bonds is 17. The smallest absolute Gasteiger partial charge is 0.394 e. The number of aromatic nitrogens is 1. The second-order valence-electron chi connectivity index (χ2n) is 9.50.